The molecule has 1 heterocycles. The number of halogens is 3. The van der Waals surface area contributed by atoms with E-state index in [4.69, 9.17) is 0 Å². The summed E-state index contributed by atoms with van der Waals surface area (Å²) in [6.45, 7) is -0.363. The lowest BCUT2D eigenvalue weighted by molar-refractivity contribution is -0.186. The first-order valence-corrected chi connectivity index (χ1v) is 11.3. The fourth-order valence-electron chi connectivity index (χ4n) is 3.70. The summed E-state index contributed by atoms with van der Waals surface area (Å²) >= 11 is 0. The smallest absolute Gasteiger partial charge is 0.330 e. The second-order valence-corrected chi connectivity index (χ2v) is 9.10. The fraction of sp³-hybridized carbons (Fsp3) is 0.174. The second kappa shape index (κ2) is 8.31. The first-order valence-electron chi connectivity index (χ1n) is 9.80. The zero-order valence-corrected chi connectivity index (χ0v) is 17.6. The lowest BCUT2D eigenvalue weighted by Gasteiger charge is -2.29. The molecule has 3 aromatic carbocycles. The molecule has 0 radical (unpaired) electrons. The standard InChI is InChI=1S/C23H19F3N2O3S/c24-23(25,26)22(29)28-13-12-16-10-11-19(14-18(16)15-28)32(30,31)27-21-9-5-4-8-20(21)17-6-2-1-3-7-17/h1-11,14,27H,12-13,15H2. The third-order valence-electron chi connectivity index (χ3n) is 5.29. The van der Waals surface area contributed by atoms with Gasteiger partial charge in [0.2, 0.25) is 0 Å². The molecule has 0 saturated heterocycles. The fourth-order valence-corrected chi connectivity index (χ4v) is 4.83. The van der Waals surface area contributed by atoms with Crippen molar-refractivity contribution in [1.29, 1.82) is 0 Å². The Morgan fingerprint density at radius 1 is 0.906 bits per heavy atom. The summed E-state index contributed by atoms with van der Waals surface area (Å²) in [5.41, 5.74) is 3.01. The molecular weight excluding hydrogens is 441 g/mol. The van der Waals surface area contributed by atoms with Crippen LogP contribution in [0, 0.1) is 0 Å². The molecule has 1 amide bonds. The number of hydrogen-bond acceptors (Lipinski definition) is 3. The van der Waals surface area contributed by atoms with Crippen LogP contribution >= 0.6 is 0 Å². The van der Waals surface area contributed by atoms with E-state index in [1.54, 1.807) is 30.3 Å². The van der Waals surface area contributed by atoms with Crippen LogP contribution in [0.25, 0.3) is 11.1 Å². The van der Waals surface area contributed by atoms with E-state index in [1.165, 1.54) is 12.1 Å². The van der Waals surface area contributed by atoms with Crippen molar-refractivity contribution in [2.75, 3.05) is 11.3 Å². The predicted octanol–water partition coefficient (Wildman–Crippen LogP) is 4.60. The molecule has 32 heavy (non-hydrogen) atoms. The van der Waals surface area contributed by atoms with Gasteiger partial charge in [-0.15, -0.1) is 0 Å². The van der Waals surface area contributed by atoms with Crippen molar-refractivity contribution in [3.05, 3.63) is 83.9 Å². The number of hydrogen-bond donors (Lipinski definition) is 1. The van der Waals surface area contributed by atoms with Crippen molar-refractivity contribution in [3.8, 4) is 11.1 Å². The van der Waals surface area contributed by atoms with Crippen molar-refractivity contribution in [3.63, 3.8) is 0 Å². The van der Waals surface area contributed by atoms with Gasteiger partial charge in [0.1, 0.15) is 0 Å². The van der Waals surface area contributed by atoms with Crippen molar-refractivity contribution in [1.82, 2.24) is 4.90 Å². The third kappa shape index (κ3) is 4.47. The van der Waals surface area contributed by atoms with Gasteiger partial charge >= 0.3 is 12.1 Å². The molecule has 0 spiro atoms. The normalized spacial score (nSPS) is 14.0. The number of carbonyl (C=O) groups is 1. The molecule has 0 aromatic heterocycles. The van der Waals surface area contributed by atoms with Gasteiger partial charge in [-0.25, -0.2) is 8.42 Å². The first kappa shape index (κ1) is 21.9. The van der Waals surface area contributed by atoms with Gasteiger partial charge in [-0.3, -0.25) is 9.52 Å². The van der Waals surface area contributed by atoms with Crippen LogP contribution in [-0.2, 0) is 27.8 Å². The Balaban J connectivity index is 1.63. The quantitative estimate of drug-likeness (QED) is 0.619. The number of sulfonamides is 1. The molecule has 0 unspecified atom stereocenters. The van der Waals surface area contributed by atoms with E-state index in [0.29, 0.717) is 21.7 Å². The third-order valence-corrected chi connectivity index (χ3v) is 6.65. The number of nitrogens with zero attached hydrogens (tertiary/aromatic N) is 1. The Morgan fingerprint density at radius 3 is 2.31 bits per heavy atom. The van der Waals surface area contributed by atoms with E-state index in [1.807, 2.05) is 30.3 Å². The van der Waals surface area contributed by atoms with E-state index in [9.17, 15) is 26.4 Å². The molecule has 0 saturated carbocycles. The number of nitrogens with one attached hydrogen (secondary N) is 1. The van der Waals surface area contributed by atoms with Crippen LogP contribution in [0.15, 0.2) is 77.7 Å². The van der Waals surface area contributed by atoms with Crippen LogP contribution < -0.4 is 4.72 Å². The Hall–Kier alpha value is -3.33. The van der Waals surface area contributed by atoms with Crippen molar-refractivity contribution in [2.24, 2.45) is 0 Å². The maximum atomic E-state index is 13.1. The minimum absolute atomic E-state index is 0.0693. The predicted molar refractivity (Wildman–Crippen MR) is 114 cm³/mol. The van der Waals surface area contributed by atoms with Crippen LogP contribution in [0.4, 0.5) is 18.9 Å². The average molecular weight is 460 g/mol. The summed E-state index contributed by atoms with van der Waals surface area (Å²) in [6, 6.07) is 20.5. The summed E-state index contributed by atoms with van der Waals surface area (Å²) in [4.78, 5) is 12.2. The topological polar surface area (TPSA) is 66.5 Å². The molecule has 5 nitrogen and oxygen atoms in total. The summed E-state index contributed by atoms with van der Waals surface area (Å²) in [5.74, 6) is -1.92. The molecule has 1 aliphatic heterocycles. The van der Waals surface area contributed by atoms with E-state index < -0.39 is 22.1 Å². The van der Waals surface area contributed by atoms with Crippen molar-refractivity contribution < 1.29 is 26.4 Å². The molecule has 3 aromatic rings. The number of benzene rings is 3. The zero-order valence-electron chi connectivity index (χ0n) is 16.8. The minimum Gasteiger partial charge on any atom is -0.330 e. The SMILES string of the molecule is O=C(N1CCc2ccc(S(=O)(=O)Nc3ccccc3-c3ccccc3)cc2C1)C(F)(F)F. The molecule has 1 aliphatic rings. The summed E-state index contributed by atoms with van der Waals surface area (Å²) in [5, 5.41) is 0. The van der Waals surface area contributed by atoms with Crippen LogP contribution in [-0.4, -0.2) is 31.9 Å². The summed E-state index contributed by atoms with van der Waals surface area (Å²) < 4.78 is 67.1. The molecule has 0 atom stereocenters. The van der Waals surface area contributed by atoms with Gasteiger partial charge in [-0.05, 0) is 41.3 Å². The average Bonchev–Trinajstić information content (AvgIpc) is 2.78. The number of rotatable bonds is 4. The summed E-state index contributed by atoms with van der Waals surface area (Å²) in [6.07, 6.45) is -4.74. The lowest BCUT2D eigenvalue weighted by atomic mass is 10.00. The number of carbonyl (C=O) groups excluding carboxylic acids is 1. The number of amides is 1. The number of para-hydroxylation sites is 1. The minimum atomic E-state index is -4.97. The Labute approximate surface area is 183 Å². The number of alkyl halides is 3. The maximum Gasteiger partial charge on any atom is 0.471 e. The van der Waals surface area contributed by atoms with Gasteiger partial charge < -0.3 is 4.90 Å². The van der Waals surface area contributed by atoms with Crippen LogP contribution in [0.1, 0.15) is 11.1 Å². The van der Waals surface area contributed by atoms with Crippen molar-refractivity contribution in [2.45, 2.75) is 24.0 Å². The highest BCUT2D eigenvalue weighted by atomic mass is 32.2. The highest BCUT2D eigenvalue weighted by Gasteiger charge is 2.43. The zero-order chi connectivity index (χ0) is 22.9. The maximum absolute atomic E-state index is 13.1. The van der Waals surface area contributed by atoms with Gasteiger partial charge in [-0.2, -0.15) is 13.2 Å². The Kier molecular flexibility index (Phi) is 5.68. The highest BCUT2D eigenvalue weighted by molar-refractivity contribution is 7.92. The van der Waals surface area contributed by atoms with Crippen LogP contribution in [0.2, 0.25) is 0 Å². The molecule has 0 aliphatic carbocycles. The Bertz CT molecular complexity index is 1260. The molecule has 4 rings (SSSR count). The lowest BCUT2D eigenvalue weighted by Crippen LogP contribution is -2.43. The molecule has 9 heteroatoms. The van der Waals surface area contributed by atoms with Gasteiger partial charge in [-0.1, -0.05) is 54.6 Å². The summed E-state index contributed by atoms with van der Waals surface area (Å²) in [7, 11) is -4.02. The van der Waals surface area contributed by atoms with Gasteiger partial charge in [0.25, 0.3) is 10.0 Å². The monoisotopic (exact) mass is 460 g/mol. The highest BCUT2D eigenvalue weighted by Crippen LogP contribution is 2.31. The Morgan fingerprint density at radius 2 is 1.59 bits per heavy atom. The van der Waals surface area contributed by atoms with Crippen LogP contribution in [0.3, 0.4) is 0 Å². The first-order chi connectivity index (χ1) is 15.1. The van der Waals surface area contributed by atoms with Crippen molar-refractivity contribution >= 4 is 21.6 Å². The molecule has 0 bridgehead atoms. The number of anilines is 1. The van der Waals surface area contributed by atoms with Gasteiger partial charge in [0, 0.05) is 18.7 Å². The van der Waals surface area contributed by atoms with Crippen LogP contribution in [0.5, 0.6) is 0 Å². The van der Waals surface area contributed by atoms with E-state index >= 15 is 0 Å². The molecule has 1 N–H and O–H groups in total. The number of fused-ring (bicyclic) bond motifs is 1. The van der Waals surface area contributed by atoms with E-state index in [2.05, 4.69) is 4.72 Å². The molecule has 0 fully saturated rings. The molecule has 166 valence electrons. The van der Waals surface area contributed by atoms with E-state index in [-0.39, 0.29) is 24.4 Å². The largest absolute Gasteiger partial charge is 0.471 e. The second-order valence-electron chi connectivity index (χ2n) is 7.42. The van der Waals surface area contributed by atoms with Gasteiger partial charge in [0.05, 0.1) is 10.6 Å². The van der Waals surface area contributed by atoms with E-state index in [0.717, 1.165) is 11.1 Å². The molecular formula is C23H19F3N2O3S. The van der Waals surface area contributed by atoms with Gasteiger partial charge in [0.15, 0.2) is 0 Å².